The van der Waals surface area contributed by atoms with E-state index in [1.807, 2.05) is 42.7 Å². The van der Waals surface area contributed by atoms with Gasteiger partial charge in [0.15, 0.2) is 0 Å². The summed E-state index contributed by atoms with van der Waals surface area (Å²) in [6.45, 7) is 0.756. The highest BCUT2D eigenvalue weighted by Gasteiger charge is 2.06. The Morgan fingerprint density at radius 1 is 1.08 bits per heavy atom. The van der Waals surface area contributed by atoms with E-state index in [2.05, 4.69) is 37.4 Å². The van der Waals surface area contributed by atoms with Crippen LogP contribution in [0.4, 0.5) is 5.82 Å². The molecule has 0 amide bonds. The minimum Gasteiger partial charge on any atom is -0.496 e. The van der Waals surface area contributed by atoms with Crippen molar-refractivity contribution in [3.63, 3.8) is 0 Å². The number of hydrogen-bond acceptors (Lipinski definition) is 5. The first-order chi connectivity index (χ1) is 12.8. The third kappa shape index (κ3) is 3.35. The van der Waals surface area contributed by atoms with Crippen molar-refractivity contribution in [3.8, 4) is 17.0 Å². The average Bonchev–Trinajstić information content (AvgIpc) is 3.16. The zero-order chi connectivity index (χ0) is 17.8. The first kappa shape index (κ1) is 16.1. The molecule has 3 heterocycles. The summed E-state index contributed by atoms with van der Waals surface area (Å²) in [6.07, 6.45) is 6.12. The van der Waals surface area contributed by atoms with Gasteiger partial charge in [0.25, 0.3) is 0 Å². The van der Waals surface area contributed by atoms with Gasteiger partial charge >= 0.3 is 0 Å². The van der Waals surface area contributed by atoms with E-state index in [1.165, 1.54) is 5.56 Å². The van der Waals surface area contributed by atoms with Crippen molar-refractivity contribution in [2.24, 2.45) is 0 Å². The standard InChI is InChI=1S/C20H19N5O/c1-26-18-5-3-2-4-14(18)6-8-21-19-11-17(24-13-25-19)16-10-15-7-9-22-20(15)23-12-16/h2-5,7,9-13H,6,8H2,1H3,(H,22,23)(H,21,24,25). The largest absolute Gasteiger partial charge is 0.496 e. The van der Waals surface area contributed by atoms with Gasteiger partial charge in [0.05, 0.1) is 12.8 Å². The Kier molecular flexibility index (Phi) is 4.47. The van der Waals surface area contributed by atoms with E-state index in [-0.39, 0.29) is 0 Å². The molecular formula is C20H19N5O. The smallest absolute Gasteiger partial charge is 0.137 e. The highest BCUT2D eigenvalue weighted by Crippen LogP contribution is 2.22. The molecule has 0 bridgehead atoms. The van der Waals surface area contributed by atoms with E-state index in [1.54, 1.807) is 13.4 Å². The van der Waals surface area contributed by atoms with Crippen LogP contribution in [0.2, 0.25) is 0 Å². The lowest BCUT2D eigenvalue weighted by atomic mass is 10.1. The molecule has 0 atom stereocenters. The third-order valence-electron chi connectivity index (χ3n) is 4.26. The van der Waals surface area contributed by atoms with Crippen molar-refractivity contribution in [3.05, 3.63) is 66.7 Å². The molecule has 26 heavy (non-hydrogen) atoms. The van der Waals surface area contributed by atoms with Gasteiger partial charge in [0.2, 0.25) is 0 Å². The second-order valence-electron chi connectivity index (χ2n) is 5.92. The zero-order valence-corrected chi connectivity index (χ0v) is 14.4. The highest BCUT2D eigenvalue weighted by atomic mass is 16.5. The van der Waals surface area contributed by atoms with Gasteiger partial charge in [-0.3, -0.25) is 0 Å². The van der Waals surface area contributed by atoms with Crippen LogP contribution in [-0.4, -0.2) is 33.6 Å². The molecule has 6 heteroatoms. The Morgan fingerprint density at radius 2 is 2.00 bits per heavy atom. The van der Waals surface area contributed by atoms with Gasteiger partial charge in [-0.25, -0.2) is 15.0 Å². The summed E-state index contributed by atoms with van der Waals surface area (Å²) in [6, 6.07) is 14.1. The van der Waals surface area contributed by atoms with Crippen LogP contribution < -0.4 is 10.1 Å². The van der Waals surface area contributed by atoms with Crippen LogP contribution in [-0.2, 0) is 6.42 Å². The van der Waals surface area contributed by atoms with Gasteiger partial charge in [-0.15, -0.1) is 0 Å². The maximum Gasteiger partial charge on any atom is 0.137 e. The van der Waals surface area contributed by atoms with Gasteiger partial charge in [0, 0.05) is 36.0 Å². The lowest BCUT2D eigenvalue weighted by Gasteiger charge is -2.10. The second-order valence-corrected chi connectivity index (χ2v) is 5.92. The van der Waals surface area contributed by atoms with Crippen molar-refractivity contribution in [1.29, 1.82) is 0 Å². The maximum atomic E-state index is 5.39. The number of anilines is 1. The summed E-state index contributed by atoms with van der Waals surface area (Å²) >= 11 is 0. The van der Waals surface area contributed by atoms with Crippen LogP contribution in [0.5, 0.6) is 5.75 Å². The minimum atomic E-state index is 0.756. The maximum absolute atomic E-state index is 5.39. The lowest BCUT2D eigenvalue weighted by molar-refractivity contribution is 0.410. The summed E-state index contributed by atoms with van der Waals surface area (Å²) in [5.41, 5.74) is 3.85. The van der Waals surface area contributed by atoms with Crippen molar-refractivity contribution < 1.29 is 4.74 Å². The van der Waals surface area contributed by atoms with Crippen molar-refractivity contribution in [2.45, 2.75) is 6.42 Å². The van der Waals surface area contributed by atoms with Crippen LogP contribution in [0.25, 0.3) is 22.3 Å². The van der Waals surface area contributed by atoms with E-state index in [9.17, 15) is 0 Å². The summed E-state index contributed by atoms with van der Waals surface area (Å²) in [4.78, 5) is 16.2. The summed E-state index contributed by atoms with van der Waals surface area (Å²) in [5, 5.41) is 4.42. The minimum absolute atomic E-state index is 0.756. The fraction of sp³-hybridized carbons (Fsp3) is 0.150. The molecule has 2 N–H and O–H groups in total. The van der Waals surface area contributed by atoms with Crippen LogP contribution in [0.3, 0.4) is 0 Å². The second kappa shape index (κ2) is 7.23. The molecule has 0 saturated carbocycles. The average molecular weight is 345 g/mol. The SMILES string of the molecule is COc1ccccc1CCNc1cc(-c2cnc3[nH]ccc3c2)ncn1. The first-order valence-corrected chi connectivity index (χ1v) is 8.45. The van der Waals surface area contributed by atoms with Gasteiger partial charge < -0.3 is 15.0 Å². The number of nitrogens with zero attached hydrogens (tertiary/aromatic N) is 3. The number of ether oxygens (including phenoxy) is 1. The molecule has 0 aliphatic rings. The van der Waals surface area contributed by atoms with Crippen molar-refractivity contribution in [2.75, 3.05) is 19.0 Å². The monoisotopic (exact) mass is 345 g/mol. The summed E-state index contributed by atoms with van der Waals surface area (Å²) < 4.78 is 5.39. The molecule has 6 nitrogen and oxygen atoms in total. The molecule has 0 fully saturated rings. The molecule has 0 aliphatic carbocycles. The molecule has 4 rings (SSSR count). The van der Waals surface area contributed by atoms with E-state index < -0.39 is 0 Å². The number of rotatable bonds is 6. The molecular weight excluding hydrogens is 326 g/mol. The number of para-hydroxylation sites is 1. The van der Waals surface area contributed by atoms with Gasteiger partial charge in [-0.1, -0.05) is 18.2 Å². The van der Waals surface area contributed by atoms with Gasteiger partial charge in [-0.2, -0.15) is 0 Å². The van der Waals surface area contributed by atoms with Crippen LogP contribution in [0.15, 0.2) is 61.2 Å². The lowest BCUT2D eigenvalue weighted by Crippen LogP contribution is -2.07. The molecule has 4 aromatic rings. The van der Waals surface area contributed by atoms with Gasteiger partial charge in [0.1, 0.15) is 23.5 Å². The number of pyridine rings is 1. The van der Waals surface area contributed by atoms with Gasteiger partial charge in [-0.05, 0) is 30.2 Å². The van der Waals surface area contributed by atoms with E-state index in [4.69, 9.17) is 4.74 Å². The Labute approximate surface area is 151 Å². The number of aromatic amines is 1. The quantitative estimate of drug-likeness (QED) is 0.557. The predicted molar refractivity (Wildman–Crippen MR) is 102 cm³/mol. The summed E-state index contributed by atoms with van der Waals surface area (Å²) in [7, 11) is 1.69. The molecule has 0 saturated heterocycles. The number of aromatic nitrogens is 4. The summed E-state index contributed by atoms with van der Waals surface area (Å²) in [5.74, 6) is 1.70. The molecule has 0 aliphatic heterocycles. The number of fused-ring (bicyclic) bond motifs is 1. The van der Waals surface area contributed by atoms with E-state index in [0.29, 0.717) is 0 Å². The first-order valence-electron chi connectivity index (χ1n) is 8.45. The molecule has 3 aromatic heterocycles. The number of H-pyrrole nitrogens is 1. The molecule has 0 spiro atoms. The van der Waals surface area contributed by atoms with Crippen LogP contribution in [0, 0.1) is 0 Å². The normalized spacial score (nSPS) is 10.8. The molecule has 0 radical (unpaired) electrons. The van der Waals surface area contributed by atoms with Crippen LogP contribution in [0.1, 0.15) is 5.56 Å². The van der Waals surface area contributed by atoms with Crippen LogP contribution >= 0.6 is 0 Å². The predicted octanol–water partition coefficient (Wildman–Crippen LogP) is 3.68. The molecule has 130 valence electrons. The number of methoxy groups -OCH3 is 1. The Balaban J connectivity index is 1.47. The molecule has 0 unspecified atom stereocenters. The van der Waals surface area contributed by atoms with Crippen molar-refractivity contribution in [1.82, 2.24) is 19.9 Å². The number of benzene rings is 1. The fourth-order valence-corrected chi connectivity index (χ4v) is 2.93. The zero-order valence-electron chi connectivity index (χ0n) is 14.4. The molecule has 1 aromatic carbocycles. The Hall–Kier alpha value is -3.41. The number of hydrogen-bond donors (Lipinski definition) is 2. The van der Waals surface area contributed by atoms with E-state index in [0.717, 1.165) is 46.8 Å². The third-order valence-corrected chi connectivity index (χ3v) is 4.26. The van der Waals surface area contributed by atoms with Crippen molar-refractivity contribution >= 4 is 16.9 Å². The fourth-order valence-electron chi connectivity index (χ4n) is 2.93. The number of nitrogens with one attached hydrogen (secondary N) is 2. The Morgan fingerprint density at radius 3 is 2.92 bits per heavy atom. The highest BCUT2D eigenvalue weighted by molar-refractivity contribution is 5.80. The Bertz CT molecular complexity index is 1030. The van der Waals surface area contributed by atoms with E-state index >= 15 is 0 Å². The topological polar surface area (TPSA) is 75.7 Å².